The molecule has 130 valence electrons. The number of hydrogen-bond acceptors (Lipinski definition) is 3. The van der Waals surface area contributed by atoms with Crippen LogP contribution in [0.2, 0.25) is 0 Å². The molecule has 0 spiro atoms. The predicted molar refractivity (Wildman–Crippen MR) is 93.1 cm³/mol. The van der Waals surface area contributed by atoms with Crippen molar-refractivity contribution in [3.63, 3.8) is 0 Å². The third kappa shape index (κ3) is 8.75. The van der Waals surface area contributed by atoms with Crippen LogP contribution in [0.15, 0.2) is 0 Å². The standard InChI is InChI=1S/C17H34N2O2S/c1-4-6-8-10-12-14-19(15-13-11-9-7-5-2)22(20,21)17(3)16-18/h17H,4-15H2,1-3H3. The molecule has 22 heavy (non-hydrogen) atoms. The lowest BCUT2D eigenvalue weighted by molar-refractivity contribution is 0.382. The van der Waals surface area contributed by atoms with Gasteiger partial charge in [0.25, 0.3) is 0 Å². The Morgan fingerprint density at radius 3 is 1.64 bits per heavy atom. The van der Waals surface area contributed by atoms with Gasteiger partial charge in [-0.2, -0.15) is 5.26 Å². The average Bonchev–Trinajstić information content (AvgIpc) is 2.51. The highest BCUT2D eigenvalue weighted by molar-refractivity contribution is 7.89. The molecular formula is C17H34N2O2S. The van der Waals surface area contributed by atoms with Crippen LogP contribution in [-0.4, -0.2) is 31.1 Å². The van der Waals surface area contributed by atoms with Crippen molar-refractivity contribution in [3.8, 4) is 6.07 Å². The molecule has 0 bridgehead atoms. The molecular weight excluding hydrogens is 296 g/mol. The normalized spacial score (nSPS) is 13.2. The summed E-state index contributed by atoms with van der Waals surface area (Å²) in [4.78, 5) is 0. The van der Waals surface area contributed by atoms with Crippen LogP contribution in [-0.2, 0) is 10.0 Å². The highest BCUT2D eigenvalue weighted by atomic mass is 32.2. The Morgan fingerprint density at radius 2 is 1.27 bits per heavy atom. The van der Waals surface area contributed by atoms with Crippen LogP contribution in [0.1, 0.15) is 85.0 Å². The first-order chi connectivity index (χ1) is 10.5. The molecule has 0 aromatic carbocycles. The minimum atomic E-state index is -3.46. The van der Waals surface area contributed by atoms with E-state index in [4.69, 9.17) is 5.26 Å². The molecule has 0 radical (unpaired) electrons. The van der Waals surface area contributed by atoms with Gasteiger partial charge in [-0.1, -0.05) is 65.2 Å². The quantitative estimate of drug-likeness (QED) is 0.441. The van der Waals surface area contributed by atoms with Crippen LogP contribution in [0, 0.1) is 11.3 Å². The van der Waals surface area contributed by atoms with E-state index in [1.807, 2.05) is 6.07 Å². The first-order valence-corrected chi connectivity index (χ1v) is 10.4. The van der Waals surface area contributed by atoms with Crippen LogP contribution in [0.4, 0.5) is 0 Å². The summed E-state index contributed by atoms with van der Waals surface area (Å²) in [6, 6.07) is 1.88. The molecule has 4 nitrogen and oxygen atoms in total. The van der Waals surface area contributed by atoms with E-state index in [2.05, 4.69) is 13.8 Å². The number of hydrogen-bond donors (Lipinski definition) is 0. The Bertz CT molecular complexity index is 387. The lowest BCUT2D eigenvalue weighted by Gasteiger charge is -2.23. The largest absolute Gasteiger partial charge is 0.230 e. The number of nitrogens with zero attached hydrogens (tertiary/aromatic N) is 2. The molecule has 0 aliphatic heterocycles. The fourth-order valence-corrected chi connectivity index (χ4v) is 3.79. The van der Waals surface area contributed by atoms with Gasteiger partial charge in [0, 0.05) is 13.1 Å². The van der Waals surface area contributed by atoms with Crippen molar-refractivity contribution >= 4 is 10.0 Å². The summed E-state index contributed by atoms with van der Waals surface area (Å²) < 4.78 is 26.4. The van der Waals surface area contributed by atoms with Crippen molar-refractivity contribution in [1.29, 1.82) is 5.26 Å². The third-order valence-electron chi connectivity index (χ3n) is 4.01. The topological polar surface area (TPSA) is 61.2 Å². The SMILES string of the molecule is CCCCCCCN(CCCCCCC)S(=O)(=O)C(C)C#N. The first kappa shape index (κ1) is 21.4. The molecule has 0 aliphatic carbocycles. The summed E-state index contributed by atoms with van der Waals surface area (Å²) in [7, 11) is -3.46. The Morgan fingerprint density at radius 1 is 0.864 bits per heavy atom. The fraction of sp³-hybridized carbons (Fsp3) is 0.941. The molecule has 0 rings (SSSR count). The zero-order valence-corrected chi connectivity index (χ0v) is 15.5. The molecule has 0 saturated heterocycles. The van der Waals surface area contributed by atoms with E-state index in [0.29, 0.717) is 13.1 Å². The molecule has 0 N–H and O–H groups in total. The maximum Gasteiger partial charge on any atom is 0.230 e. The van der Waals surface area contributed by atoms with Crippen molar-refractivity contribution in [3.05, 3.63) is 0 Å². The molecule has 0 aromatic heterocycles. The Labute approximate surface area is 137 Å². The molecule has 5 heteroatoms. The van der Waals surface area contributed by atoms with Gasteiger partial charge in [-0.3, -0.25) is 0 Å². The Hall–Kier alpha value is -0.600. The lowest BCUT2D eigenvalue weighted by Crippen LogP contribution is -2.38. The van der Waals surface area contributed by atoms with Crippen molar-refractivity contribution in [2.45, 2.75) is 90.2 Å². The number of nitriles is 1. The van der Waals surface area contributed by atoms with Gasteiger partial charge in [0.15, 0.2) is 5.25 Å². The molecule has 0 saturated carbocycles. The molecule has 0 fully saturated rings. The predicted octanol–water partition coefficient (Wildman–Crippen LogP) is 4.47. The van der Waals surface area contributed by atoms with E-state index in [0.717, 1.165) is 38.5 Å². The van der Waals surface area contributed by atoms with Gasteiger partial charge in [-0.05, 0) is 19.8 Å². The molecule has 0 aromatic rings. The number of sulfonamides is 1. The van der Waals surface area contributed by atoms with E-state index in [-0.39, 0.29) is 0 Å². The zero-order valence-electron chi connectivity index (χ0n) is 14.7. The van der Waals surface area contributed by atoms with Gasteiger partial charge in [0.2, 0.25) is 10.0 Å². The van der Waals surface area contributed by atoms with E-state index in [1.54, 1.807) is 4.31 Å². The van der Waals surface area contributed by atoms with Gasteiger partial charge in [-0.25, -0.2) is 12.7 Å². The van der Waals surface area contributed by atoms with E-state index >= 15 is 0 Å². The summed E-state index contributed by atoms with van der Waals surface area (Å²) >= 11 is 0. The number of unbranched alkanes of at least 4 members (excludes halogenated alkanes) is 8. The summed E-state index contributed by atoms with van der Waals surface area (Å²) in [6.45, 7) is 6.94. The van der Waals surface area contributed by atoms with Crippen LogP contribution in [0.25, 0.3) is 0 Å². The van der Waals surface area contributed by atoms with Crippen molar-refractivity contribution < 1.29 is 8.42 Å². The second-order valence-electron chi connectivity index (χ2n) is 6.04. The van der Waals surface area contributed by atoms with Crippen LogP contribution in [0.3, 0.4) is 0 Å². The lowest BCUT2D eigenvalue weighted by atomic mass is 10.1. The molecule has 1 atom stereocenters. The fourth-order valence-electron chi connectivity index (χ4n) is 2.44. The minimum Gasteiger partial charge on any atom is -0.211 e. The second-order valence-corrected chi connectivity index (χ2v) is 8.30. The van der Waals surface area contributed by atoms with E-state index < -0.39 is 15.3 Å². The third-order valence-corrected chi connectivity index (χ3v) is 6.09. The van der Waals surface area contributed by atoms with Crippen LogP contribution in [0.5, 0.6) is 0 Å². The summed E-state index contributed by atoms with van der Waals surface area (Å²) in [5, 5.41) is 8.00. The molecule has 0 amide bonds. The van der Waals surface area contributed by atoms with Gasteiger partial charge in [0.05, 0.1) is 6.07 Å². The Balaban J connectivity index is 4.41. The summed E-state index contributed by atoms with van der Waals surface area (Å²) in [5.74, 6) is 0. The smallest absolute Gasteiger partial charge is 0.211 e. The van der Waals surface area contributed by atoms with Crippen molar-refractivity contribution in [1.82, 2.24) is 4.31 Å². The van der Waals surface area contributed by atoms with Gasteiger partial charge in [0.1, 0.15) is 0 Å². The van der Waals surface area contributed by atoms with Crippen molar-refractivity contribution in [2.24, 2.45) is 0 Å². The minimum absolute atomic E-state index is 0.561. The van der Waals surface area contributed by atoms with Gasteiger partial charge >= 0.3 is 0 Å². The summed E-state index contributed by atoms with van der Waals surface area (Å²) in [5.41, 5.74) is 0. The maximum absolute atomic E-state index is 12.4. The highest BCUT2D eigenvalue weighted by Gasteiger charge is 2.27. The van der Waals surface area contributed by atoms with Gasteiger partial charge in [-0.15, -0.1) is 0 Å². The molecule has 1 unspecified atom stereocenters. The molecule has 0 heterocycles. The van der Waals surface area contributed by atoms with E-state index in [9.17, 15) is 8.42 Å². The van der Waals surface area contributed by atoms with Gasteiger partial charge < -0.3 is 0 Å². The monoisotopic (exact) mass is 330 g/mol. The van der Waals surface area contributed by atoms with Crippen molar-refractivity contribution in [2.75, 3.05) is 13.1 Å². The average molecular weight is 331 g/mol. The summed E-state index contributed by atoms with van der Waals surface area (Å²) in [6.07, 6.45) is 11.0. The van der Waals surface area contributed by atoms with Crippen LogP contribution < -0.4 is 0 Å². The Kier molecular flexibility index (Phi) is 12.5. The van der Waals surface area contributed by atoms with E-state index in [1.165, 1.54) is 32.6 Å². The first-order valence-electron chi connectivity index (χ1n) is 8.89. The number of rotatable bonds is 14. The van der Waals surface area contributed by atoms with Crippen LogP contribution >= 0.6 is 0 Å². The second kappa shape index (κ2) is 12.9. The molecule has 0 aliphatic rings. The highest BCUT2D eigenvalue weighted by Crippen LogP contribution is 2.14. The zero-order chi connectivity index (χ0) is 16.8. The maximum atomic E-state index is 12.4.